The first-order valence-electron chi connectivity index (χ1n) is 5.92. The number of hydrogen-bond acceptors (Lipinski definition) is 2. The van der Waals surface area contributed by atoms with Crippen molar-refractivity contribution in [3.05, 3.63) is 42.0 Å². The molecular weight excluding hydrogens is 224 g/mol. The van der Waals surface area contributed by atoms with Crippen LogP contribution in [-0.2, 0) is 0 Å². The smallest absolute Gasteiger partial charge is 0.150 e. The molecule has 0 aromatic heterocycles. The molecule has 0 fully saturated rings. The summed E-state index contributed by atoms with van der Waals surface area (Å²) in [6.45, 7) is 2.37. The highest BCUT2D eigenvalue weighted by Crippen LogP contribution is 2.27. The Bertz CT molecular complexity index is 618. The van der Waals surface area contributed by atoms with Crippen LogP contribution in [0.4, 0.5) is 0 Å². The van der Waals surface area contributed by atoms with E-state index in [0.29, 0.717) is 12.2 Å². The second kappa shape index (κ2) is 5.88. The maximum atomic E-state index is 11.0. The van der Waals surface area contributed by atoms with E-state index in [9.17, 15) is 4.79 Å². The van der Waals surface area contributed by atoms with Crippen LogP contribution in [-0.4, -0.2) is 12.9 Å². The summed E-state index contributed by atoms with van der Waals surface area (Å²) in [6.07, 6.45) is 1.69. The van der Waals surface area contributed by atoms with Gasteiger partial charge < -0.3 is 4.74 Å². The molecule has 2 heteroatoms. The van der Waals surface area contributed by atoms with Crippen LogP contribution in [0.5, 0.6) is 5.75 Å². The Morgan fingerprint density at radius 1 is 1.11 bits per heavy atom. The van der Waals surface area contributed by atoms with Crippen LogP contribution in [0.2, 0.25) is 0 Å². The van der Waals surface area contributed by atoms with Gasteiger partial charge in [0, 0.05) is 17.4 Å². The zero-order valence-electron chi connectivity index (χ0n) is 10.3. The van der Waals surface area contributed by atoms with Gasteiger partial charge >= 0.3 is 0 Å². The van der Waals surface area contributed by atoms with E-state index in [1.165, 1.54) is 0 Å². The van der Waals surface area contributed by atoms with Crippen molar-refractivity contribution < 1.29 is 9.53 Å². The van der Waals surface area contributed by atoms with E-state index in [2.05, 4.69) is 11.8 Å². The first kappa shape index (κ1) is 12.2. The lowest BCUT2D eigenvalue weighted by molar-refractivity contribution is 0.112. The standard InChI is InChI=1S/C16H14O2/c1-2-3-6-11-18-16-10-9-13(12-17)14-7-4-5-8-15(14)16/h4-5,7-10,12H,2,11H2,1H3. The summed E-state index contributed by atoms with van der Waals surface area (Å²) >= 11 is 0. The van der Waals surface area contributed by atoms with Gasteiger partial charge in [0.1, 0.15) is 12.4 Å². The van der Waals surface area contributed by atoms with E-state index in [1.807, 2.05) is 37.3 Å². The highest BCUT2D eigenvalue weighted by molar-refractivity contribution is 6.00. The molecule has 0 bridgehead atoms. The molecule has 2 aromatic carbocycles. The Balaban J connectivity index is 2.37. The maximum absolute atomic E-state index is 11.0. The number of ether oxygens (including phenoxy) is 1. The molecule has 0 saturated carbocycles. The van der Waals surface area contributed by atoms with Crippen LogP contribution in [0.15, 0.2) is 36.4 Å². The number of hydrogen-bond donors (Lipinski definition) is 0. The molecule has 2 nitrogen and oxygen atoms in total. The van der Waals surface area contributed by atoms with E-state index < -0.39 is 0 Å². The van der Waals surface area contributed by atoms with Crippen LogP contribution in [0.1, 0.15) is 23.7 Å². The second-order valence-corrected chi connectivity index (χ2v) is 3.81. The Labute approximate surface area is 107 Å². The Morgan fingerprint density at radius 3 is 2.61 bits per heavy atom. The van der Waals surface area contributed by atoms with Crippen molar-refractivity contribution in [3.8, 4) is 17.6 Å². The van der Waals surface area contributed by atoms with E-state index >= 15 is 0 Å². The molecule has 2 aromatic rings. The first-order chi connectivity index (χ1) is 8.86. The molecule has 2 rings (SSSR count). The number of benzene rings is 2. The molecule has 0 spiro atoms. The van der Waals surface area contributed by atoms with Crippen molar-refractivity contribution in [1.82, 2.24) is 0 Å². The molecule has 0 atom stereocenters. The lowest BCUT2D eigenvalue weighted by Gasteiger charge is -2.08. The van der Waals surface area contributed by atoms with Gasteiger partial charge in [-0.1, -0.05) is 37.1 Å². The largest absolute Gasteiger partial charge is 0.480 e. The average molecular weight is 238 g/mol. The Hall–Kier alpha value is -2.27. The molecule has 0 amide bonds. The van der Waals surface area contributed by atoms with Crippen LogP contribution < -0.4 is 4.74 Å². The predicted molar refractivity (Wildman–Crippen MR) is 72.9 cm³/mol. The van der Waals surface area contributed by atoms with Gasteiger partial charge in [0.05, 0.1) is 0 Å². The van der Waals surface area contributed by atoms with Gasteiger partial charge in [0.2, 0.25) is 0 Å². The van der Waals surface area contributed by atoms with Gasteiger partial charge in [-0.05, 0) is 17.5 Å². The highest BCUT2D eigenvalue weighted by Gasteiger charge is 2.05. The van der Waals surface area contributed by atoms with Crippen molar-refractivity contribution in [2.75, 3.05) is 6.61 Å². The number of carbonyl (C=O) groups excluding carboxylic acids is 1. The normalized spacial score (nSPS) is 9.61. The van der Waals surface area contributed by atoms with Crippen molar-refractivity contribution >= 4 is 17.1 Å². The fraction of sp³-hybridized carbons (Fsp3) is 0.188. The summed E-state index contributed by atoms with van der Waals surface area (Å²) in [5.74, 6) is 6.66. The summed E-state index contributed by atoms with van der Waals surface area (Å²) in [6, 6.07) is 11.3. The van der Waals surface area contributed by atoms with Crippen LogP contribution in [0.25, 0.3) is 10.8 Å². The predicted octanol–water partition coefficient (Wildman–Crippen LogP) is 3.44. The second-order valence-electron chi connectivity index (χ2n) is 3.81. The number of carbonyl (C=O) groups is 1. The first-order valence-corrected chi connectivity index (χ1v) is 5.92. The minimum Gasteiger partial charge on any atom is -0.480 e. The molecule has 0 aliphatic heterocycles. The van der Waals surface area contributed by atoms with Crippen molar-refractivity contribution in [1.29, 1.82) is 0 Å². The molecule has 0 unspecified atom stereocenters. The van der Waals surface area contributed by atoms with Gasteiger partial charge in [0.15, 0.2) is 6.29 Å². The van der Waals surface area contributed by atoms with Crippen LogP contribution in [0, 0.1) is 11.8 Å². The topological polar surface area (TPSA) is 26.3 Å². The third-order valence-electron chi connectivity index (χ3n) is 2.65. The molecule has 0 heterocycles. The summed E-state index contributed by atoms with van der Waals surface area (Å²) in [4.78, 5) is 11.0. The molecule has 0 saturated heterocycles. The minimum atomic E-state index is 0.373. The molecule has 0 aliphatic carbocycles. The third kappa shape index (κ3) is 2.52. The average Bonchev–Trinajstić information content (AvgIpc) is 2.43. The lowest BCUT2D eigenvalue weighted by Crippen LogP contribution is -1.96. The van der Waals surface area contributed by atoms with Crippen molar-refractivity contribution in [2.45, 2.75) is 13.3 Å². The number of fused-ring (bicyclic) bond motifs is 1. The van der Waals surface area contributed by atoms with Gasteiger partial charge in [-0.3, -0.25) is 4.79 Å². The zero-order valence-corrected chi connectivity index (χ0v) is 10.3. The SMILES string of the molecule is CCC#CCOc1ccc(C=O)c2ccccc12. The van der Waals surface area contributed by atoms with E-state index in [1.54, 1.807) is 6.07 Å². The Kier molecular flexibility index (Phi) is 3.98. The van der Waals surface area contributed by atoms with Crippen LogP contribution in [0.3, 0.4) is 0 Å². The van der Waals surface area contributed by atoms with Gasteiger partial charge in [0.25, 0.3) is 0 Å². The third-order valence-corrected chi connectivity index (χ3v) is 2.65. The van der Waals surface area contributed by atoms with Crippen LogP contribution >= 0.6 is 0 Å². The number of aldehydes is 1. The summed E-state index contributed by atoms with van der Waals surface area (Å²) in [5.41, 5.74) is 0.678. The molecule has 90 valence electrons. The number of rotatable bonds is 3. The minimum absolute atomic E-state index is 0.373. The van der Waals surface area contributed by atoms with Crippen molar-refractivity contribution in [3.63, 3.8) is 0 Å². The molecule has 0 radical (unpaired) electrons. The fourth-order valence-corrected chi connectivity index (χ4v) is 1.81. The van der Waals surface area contributed by atoms with Gasteiger partial charge in [-0.15, -0.1) is 5.92 Å². The molecule has 0 aliphatic rings. The lowest BCUT2D eigenvalue weighted by atomic mass is 10.0. The maximum Gasteiger partial charge on any atom is 0.150 e. The molecule has 18 heavy (non-hydrogen) atoms. The van der Waals surface area contributed by atoms with E-state index in [4.69, 9.17) is 4.74 Å². The van der Waals surface area contributed by atoms with E-state index in [0.717, 1.165) is 29.2 Å². The summed E-state index contributed by atoms with van der Waals surface area (Å²) < 4.78 is 5.63. The fourth-order valence-electron chi connectivity index (χ4n) is 1.81. The zero-order chi connectivity index (χ0) is 12.8. The monoisotopic (exact) mass is 238 g/mol. The van der Waals surface area contributed by atoms with Gasteiger partial charge in [-0.2, -0.15) is 0 Å². The summed E-state index contributed by atoms with van der Waals surface area (Å²) in [5, 5.41) is 1.86. The van der Waals surface area contributed by atoms with Gasteiger partial charge in [-0.25, -0.2) is 0 Å². The summed E-state index contributed by atoms with van der Waals surface area (Å²) in [7, 11) is 0. The quantitative estimate of drug-likeness (QED) is 0.604. The molecule has 0 N–H and O–H groups in total. The van der Waals surface area contributed by atoms with E-state index in [-0.39, 0.29) is 0 Å². The molecular formula is C16H14O2. The Morgan fingerprint density at radius 2 is 1.89 bits per heavy atom. The van der Waals surface area contributed by atoms with Crippen molar-refractivity contribution in [2.24, 2.45) is 0 Å². The highest BCUT2D eigenvalue weighted by atomic mass is 16.5.